The minimum absolute atomic E-state index is 0.0349. The van der Waals surface area contributed by atoms with E-state index in [4.69, 9.17) is 4.98 Å². The Bertz CT molecular complexity index is 1260. The number of pyridine rings is 1. The third-order valence-corrected chi connectivity index (χ3v) is 6.93. The van der Waals surface area contributed by atoms with Gasteiger partial charge in [0.15, 0.2) is 0 Å². The van der Waals surface area contributed by atoms with E-state index in [-0.39, 0.29) is 10.8 Å². The molecule has 4 rings (SSSR count). The van der Waals surface area contributed by atoms with Crippen molar-refractivity contribution in [3.8, 4) is 40.6 Å². The number of thioether (sulfide) groups is 1. The summed E-state index contributed by atoms with van der Waals surface area (Å²) < 4.78 is 0. The molecule has 1 heterocycles. The molecule has 154 valence electrons. The Kier molecular flexibility index (Phi) is 6.66. The number of rotatable bonds is 4. The second-order valence-electron chi connectivity index (χ2n) is 7.56. The van der Waals surface area contributed by atoms with Crippen molar-refractivity contribution >= 4 is 11.8 Å². The topological polar surface area (TPSA) is 84.3 Å². The van der Waals surface area contributed by atoms with Crippen LogP contribution in [0.2, 0.25) is 0 Å². The summed E-state index contributed by atoms with van der Waals surface area (Å²) in [5, 5.41) is 29.6. The van der Waals surface area contributed by atoms with E-state index in [0.717, 1.165) is 53.6 Å². The van der Waals surface area contributed by atoms with Crippen molar-refractivity contribution in [1.82, 2.24) is 4.98 Å². The first-order chi connectivity index (χ1) is 15.7. The first kappa shape index (κ1) is 21.4. The Morgan fingerprint density at radius 3 is 2.16 bits per heavy atom. The molecule has 0 spiro atoms. The number of nitriles is 3. The lowest BCUT2D eigenvalue weighted by atomic mass is 9.91. The minimum Gasteiger partial charge on any atom is -0.240 e. The summed E-state index contributed by atoms with van der Waals surface area (Å²) >= 11 is 1.51. The smallest absolute Gasteiger partial charge is 0.130 e. The van der Waals surface area contributed by atoms with Gasteiger partial charge in [0.2, 0.25) is 0 Å². The molecular formula is C27H20N4S. The fraction of sp³-hybridized carbons (Fsp3) is 0.185. The van der Waals surface area contributed by atoms with Crippen LogP contribution in [-0.2, 0) is 0 Å². The van der Waals surface area contributed by atoms with E-state index in [0.29, 0.717) is 10.6 Å². The van der Waals surface area contributed by atoms with E-state index in [1.165, 1.54) is 11.8 Å². The summed E-state index contributed by atoms with van der Waals surface area (Å²) in [5.41, 5.74) is 5.18. The summed E-state index contributed by atoms with van der Waals surface area (Å²) in [6.45, 7) is 0. The van der Waals surface area contributed by atoms with Crippen molar-refractivity contribution < 1.29 is 0 Å². The van der Waals surface area contributed by atoms with Gasteiger partial charge >= 0.3 is 0 Å². The monoisotopic (exact) mass is 432 g/mol. The molecule has 0 aliphatic heterocycles. The van der Waals surface area contributed by atoms with Gasteiger partial charge in [0.1, 0.15) is 28.8 Å². The molecule has 5 heteroatoms. The van der Waals surface area contributed by atoms with Crippen molar-refractivity contribution in [3.63, 3.8) is 0 Å². The molecule has 0 saturated heterocycles. The largest absolute Gasteiger partial charge is 0.240 e. The summed E-state index contributed by atoms with van der Waals surface area (Å²) in [7, 11) is 0. The van der Waals surface area contributed by atoms with Gasteiger partial charge in [0.05, 0.1) is 11.3 Å². The Morgan fingerprint density at radius 1 is 0.875 bits per heavy atom. The predicted molar refractivity (Wildman–Crippen MR) is 126 cm³/mol. The first-order valence-corrected chi connectivity index (χ1v) is 11.4. The first-order valence-electron chi connectivity index (χ1n) is 10.5. The molecular weight excluding hydrogens is 412 g/mol. The molecule has 1 aliphatic rings. The summed E-state index contributed by atoms with van der Waals surface area (Å²) in [6.07, 6.45) is 3.59. The van der Waals surface area contributed by atoms with Crippen molar-refractivity contribution in [2.45, 2.75) is 36.0 Å². The van der Waals surface area contributed by atoms with Gasteiger partial charge in [-0.3, -0.25) is 0 Å². The highest BCUT2D eigenvalue weighted by molar-refractivity contribution is 8.00. The van der Waals surface area contributed by atoms with E-state index in [9.17, 15) is 15.8 Å². The highest BCUT2D eigenvalue weighted by Gasteiger charge is 2.26. The van der Waals surface area contributed by atoms with Crippen molar-refractivity contribution in [1.29, 1.82) is 15.8 Å². The standard InChI is InChI=1S/C27H20N4S/c28-16-21(17-29)22-13-7-8-14-26(22)32-27-24(18-30)23(19-9-3-1-4-10-19)15-25(31-27)20-11-5-2-6-12-20/h1-6,9-12,15,26H,7-8,13-14H2. The molecule has 0 bridgehead atoms. The lowest BCUT2D eigenvalue weighted by molar-refractivity contribution is 0.606. The van der Waals surface area contributed by atoms with Gasteiger partial charge in [0, 0.05) is 16.4 Å². The SMILES string of the molecule is N#CC(C#N)=C1CCCCC1Sc1nc(-c2ccccc2)cc(-c2ccccc2)c1C#N. The van der Waals surface area contributed by atoms with Crippen molar-refractivity contribution in [3.05, 3.63) is 83.4 Å². The van der Waals surface area contributed by atoms with Gasteiger partial charge in [-0.05, 0) is 36.5 Å². The molecule has 1 aromatic heterocycles. The van der Waals surface area contributed by atoms with Crippen LogP contribution in [0.15, 0.2) is 82.9 Å². The molecule has 1 aliphatic carbocycles. The Labute approximate surface area is 192 Å². The minimum atomic E-state index is -0.0349. The zero-order chi connectivity index (χ0) is 22.3. The second-order valence-corrected chi connectivity index (χ2v) is 8.75. The predicted octanol–water partition coefficient (Wildman–Crippen LogP) is 6.67. The van der Waals surface area contributed by atoms with Crippen LogP contribution in [0, 0.1) is 34.0 Å². The average molecular weight is 433 g/mol. The van der Waals surface area contributed by atoms with Crippen LogP contribution in [0.5, 0.6) is 0 Å². The third-order valence-electron chi connectivity index (χ3n) is 5.60. The highest BCUT2D eigenvalue weighted by Crippen LogP contribution is 2.42. The number of hydrogen-bond donors (Lipinski definition) is 0. The maximum atomic E-state index is 10.1. The van der Waals surface area contributed by atoms with E-state index in [2.05, 4.69) is 18.2 Å². The summed E-state index contributed by atoms with van der Waals surface area (Å²) in [4.78, 5) is 4.89. The Morgan fingerprint density at radius 2 is 1.53 bits per heavy atom. The maximum absolute atomic E-state index is 10.1. The molecule has 32 heavy (non-hydrogen) atoms. The van der Waals surface area contributed by atoms with Gasteiger partial charge in [-0.1, -0.05) is 78.8 Å². The quantitative estimate of drug-likeness (QED) is 0.430. The number of nitrogens with zero attached hydrogens (tertiary/aromatic N) is 4. The van der Waals surface area contributed by atoms with Crippen LogP contribution in [-0.4, -0.2) is 10.2 Å². The van der Waals surface area contributed by atoms with Gasteiger partial charge in [-0.2, -0.15) is 15.8 Å². The van der Waals surface area contributed by atoms with E-state index in [1.54, 1.807) is 0 Å². The summed E-state index contributed by atoms with van der Waals surface area (Å²) in [5.74, 6) is 0. The number of allylic oxidation sites excluding steroid dienone is 1. The zero-order valence-corrected chi connectivity index (χ0v) is 18.3. The van der Waals surface area contributed by atoms with Gasteiger partial charge in [0.25, 0.3) is 0 Å². The molecule has 1 fully saturated rings. The van der Waals surface area contributed by atoms with Crippen LogP contribution in [0.1, 0.15) is 31.2 Å². The second kappa shape index (κ2) is 9.97. The molecule has 3 aromatic rings. The van der Waals surface area contributed by atoms with Crippen LogP contribution < -0.4 is 0 Å². The fourth-order valence-corrected chi connectivity index (χ4v) is 5.37. The average Bonchev–Trinajstić information content (AvgIpc) is 2.86. The van der Waals surface area contributed by atoms with E-state index in [1.807, 2.05) is 66.7 Å². The zero-order valence-electron chi connectivity index (χ0n) is 17.5. The van der Waals surface area contributed by atoms with Crippen LogP contribution in [0.3, 0.4) is 0 Å². The Hall–Kier alpha value is -3.85. The number of benzene rings is 2. The third kappa shape index (κ3) is 4.42. The molecule has 1 unspecified atom stereocenters. The Balaban J connectivity index is 1.88. The molecule has 0 N–H and O–H groups in total. The van der Waals surface area contributed by atoms with Crippen LogP contribution >= 0.6 is 11.8 Å². The molecule has 1 atom stereocenters. The van der Waals surface area contributed by atoms with Gasteiger partial charge < -0.3 is 0 Å². The summed E-state index contributed by atoms with van der Waals surface area (Å²) in [6, 6.07) is 28.2. The molecule has 0 amide bonds. The van der Waals surface area contributed by atoms with Crippen LogP contribution in [0.4, 0.5) is 0 Å². The number of hydrogen-bond acceptors (Lipinski definition) is 5. The lowest BCUT2D eigenvalue weighted by Gasteiger charge is -2.25. The van der Waals surface area contributed by atoms with Gasteiger partial charge in [-0.25, -0.2) is 4.98 Å². The van der Waals surface area contributed by atoms with E-state index >= 15 is 0 Å². The molecule has 0 radical (unpaired) electrons. The highest BCUT2D eigenvalue weighted by atomic mass is 32.2. The number of aromatic nitrogens is 1. The van der Waals surface area contributed by atoms with Gasteiger partial charge in [-0.15, -0.1) is 0 Å². The van der Waals surface area contributed by atoms with Crippen LogP contribution in [0.25, 0.3) is 22.4 Å². The normalized spacial score (nSPS) is 15.3. The lowest BCUT2D eigenvalue weighted by Crippen LogP contribution is -2.15. The fourth-order valence-electron chi connectivity index (χ4n) is 4.02. The van der Waals surface area contributed by atoms with E-state index < -0.39 is 0 Å². The van der Waals surface area contributed by atoms with Crippen molar-refractivity contribution in [2.24, 2.45) is 0 Å². The maximum Gasteiger partial charge on any atom is 0.130 e. The molecule has 4 nitrogen and oxygen atoms in total. The van der Waals surface area contributed by atoms with Crippen molar-refractivity contribution in [2.75, 3.05) is 0 Å². The molecule has 1 saturated carbocycles. The molecule has 2 aromatic carbocycles.